The van der Waals surface area contributed by atoms with Crippen LogP contribution in [0.2, 0.25) is 0 Å². The molecule has 0 spiro atoms. The first-order valence-electron chi connectivity index (χ1n) is 7.23. The molecule has 21 heavy (non-hydrogen) atoms. The predicted octanol–water partition coefficient (Wildman–Crippen LogP) is 0.192. The van der Waals surface area contributed by atoms with Crippen LogP contribution in [0.1, 0.15) is 32.1 Å². The summed E-state index contributed by atoms with van der Waals surface area (Å²) < 4.78 is 33.3. The van der Waals surface area contributed by atoms with Crippen molar-refractivity contribution in [1.29, 1.82) is 0 Å². The fraction of sp³-hybridized carbons (Fsp3) is 0.917. The summed E-state index contributed by atoms with van der Waals surface area (Å²) in [5, 5.41) is 11.5. The van der Waals surface area contributed by atoms with E-state index in [2.05, 4.69) is 5.16 Å². The monoisotopic (exact) mass is 322 g/mol. The van der Waals surface area contributed by atoms with E-state index in [9.17, 15) is 8.42 Å². The Labute approximate surface area is 126 Å². The standard InChI is InChI=1S/C12H26N4O4S/c1-20-11-10-16(9-6-12(13)14-17)21(18,19)15-7-4-2-3-5-8-15/h17H,2-11H2,1H3,(H2,13,14). The first-order valence-corrected chi connectivity index (χ1v) is 8.62. The number of oxime groups is 1. The quantitative estimate of drug-likeness (QED) is 0.287. The number of methoxy groups -OCH3 is 1. The minimum absolute atomic E-state index is 0.0171. The zero-order chi connectivity index (χ0) is 15.7. The highest BCUT2D eigenvalue weighted by molar-refractivity contribution is 7.86. The molecule has 9 heteroatoms. The van der Waals surface area contributed by atoms with E-state index in [0.717, 1.165) is 25.7 Å². The van der Waals surface area contributed by atoms with Gasteiger partial charge in [0.2, 0.25) is 0 Å². The molecule has 1 heterocycles. The molecule has 8 nitrogen and oxygen atoms in total. The molecule has 0 aromatic heterocycles. The van der Waals surface area contributed by atoms with Crippen LogP contribution in [0.15, 0.2) is 5.16 Å². The second kappa shape index (κ2) is 9.19. The van der Waals surface area contributed by atoms with Gasteiger partial charge in [-0.1, -0.05) is 18.0 Å². The Morgan fingerprint density at radius 3 is 2.43 bits per heavy atom. The summed E-state index contributed by atoms with van der Waals surface area (Å²) in [5.41, 5.74) is 5.43. The van der Waals surface area contributed by atoms with Crippen molar-refractivity contribution < 1.29 is 18.4 Å². The summed E-state index contributed by atoms with van der Waals surface area (Å²) in [6.07, 6.45) is 4.09. The highest BCUT2D eigenvalue weighted by Crippen LogP contribution is 2.16. The Morgan fingerprint density at radius 2 is 1.90 bits per heavy atom. The number of rotatable bonds is 8. The summed E-state index contributed by atoms with van der Waals surface area (Å²) in [5.74, 6) is 0.0171. The van der Waals surface area contributed by atoms with Crippen LogP contribution < -0.4 is 5.73 Å². The molecule has 0 bridgehead atoms. The third-order valence-electron chi connectivity index (χ3n) is 3.51. The van der Waals surface area contributed by atoms with Crippen molar-refractivity contribution in [2.45, 2.75) is 32.1 Å². The van der Waals surface area contributed by atoms with Gasteiger partial charge in [-0.15, -0.1) is 0 Å². The Balaban J connectivity index is 2.77. The Hall–Kier alpha value is -0.900. The molecule has 0 aromatic carbocycles. The van der Waals surface area contributed by atoms with Gasteiger partial charge in [0.25, 0.3) is 10.2 Å². The molecule has 0 unspecified atom stereocenters. The number of amidine groups is 1. The molecule has 0 radical (unpaired) electrons. The molecule has 124 valence electrons. The molecule has 1 saturated heterocycles. The van der Waals surface area contributed by atoms with Crippen molar-refractivity contribution in [3.05, 3.63) is 0 Å². The van der Waals surface area contributed by atoms with Crippen LogP contribution in [0.25, 0.3) is 0 Å². The fourth-order valence-corrected chi connectivity index (χ4v) is 3.93. The lowest BCUT2D eigenvalue weighted by molar-refractivity contribution is 0.176. The second-order valence-corrected chi connectivity index (χ2v) is 6.98. The van der Waals surface area contributed by atoms with E-state index in [0.29, 0.717) is 19.7 Å². The maximum atomic E-state index is 12.7. The van der Waals surface area contributed by atoms with Crippen LogP contribution in [0.4, 0.5) is 0 Å². The summed E-state index contributed by atoms with van der Waals surface area (Å²) in [4.78, 5) is 0. The van der Waals surface area contributed by atoms with E-state index in [1.165, 1.54) is 15.7 Å². The normalized spacial score (nSPS) is 18.9. The van der Waals surface area contributed by atoms with Crippen molar-refractivity contribution >= 4 is 16.0 Å². The van der Waals surface area contributed by atoms with E-state index < -0.39 is 10.2 Å². The summed E-state index contributed by atoms with van der Waals surface area (Å²) >= 11 is 0. The third kappa shape index (κ3) is 5.77. The van der Waals surface area contributed by atoms with Gasteiger partial charge in [0.05, 0.1) is 6.61 Å². The molecule has 1 rings (SSSR count). The minimum atomic E-state index is -3.53. The topological polar surface area (TPSA) is 108 Å². The summed E-state index contributed by atoms with van der Waals surface area (Å²) in [6, 6.07) is 0. The van der Waals surface area contributed by atoms with Gasteiger partial charge in [0, 0.05) is 39.7 Å². The minimum Gasteiger partial charge on any atom is -0.409 e. The van der Waals surface area contributed by atoms with Gasteiger partial charge in [-0.25, -0.2) is 0 Å². The van der Waals surface area contributed by atoms with Crippen molar-refractivity contribution in [3.8, 4) is 0 Å². The van der Waals surface area contributed by atoms with Crippen molar-refractivity contribution in [2.75, 3.05) is 39.9 Å². The van der Waals surface area contributed by atoms with Crippen LogP contribution in [0.3, 0.4) is 0 Å². The Bertz CT molecular complexity index is 419. The largest absolute Gasteiger partial charge is 0.409 e. The van der Waals surface area contributed by atoms with E-state index in [4.69, 9.17) is 15.7 Å². The molecular weight excluding hydrogens is 296 g/mol. The highest BCUT2D eigenvalue weighted by Gasteiger charge is 2.29. The van der Waals surface area contributed by atoms with Gasteiger partial charge in [0.1, 0.15) is 5.84 Å². The zero-order valence-corrected chi connectivity index (χ0v) is 13.4. The summed E-state index contributed by atoms with van der Waals surface area (Å²) in [7, 11) is -2.00. The van der Waals surface area contributed by atoms with Gasteiger partial charge in [0.15, 0.2) is 0 Å². The molecule has 0 atom stereocenters. The van der Waals surface area contributed by atoms with Gasteiger partial charge >= 0.3 is 0 Å². The van der Waals surface area contributed by atoms with Crippen LogP contribution in [0, 0.1) is 0 Å². The molecule has 0 aromatic rings. The smallest absolute Gasteiger partial charge is 0.282 e. The maximum Gasteiger partial charge on any atom is 0.282 e. The first kappa shape index (κ1) is 18.1. The zero-order valence-electron chi connectivity index (χ0n) is 12.6. The van der Waals surface area contributed by atoms with Crippen molar-refractivity contribution in [2.24, 2.45) is 10.9 Å². The van der Waals surface area contributed by atoms with Crippen LogP contribution in [0.5, 0.6) is 0 Å². The van der Waals surface area contributed by atoms with Crippen molar-refractivity contribution in [3.63, 3.8) is 0 Å². The van der Waals surface area contributed by atoms with Gasteiger partial charge in [-0.2, -0.15) is 17.0 Å². The number of ether oxygens (including phenoxy) is 1. The predicted molar refractivity (Wildman–Crippen MR) is 80.4 cm³/mol. The van der Waals surface area contributed by atoms with Crippen LogP contribution in [-0.2, 0) is 14.9 Å². The van der Waals surface area contributed by atoms with E-state index in [-0.39, 0.29) is 25.3 Å². The molecule has 0 saturated carbocycles. The lowest BCUT2D eigenvalue weighted by Crippen LogP contribution is -2.46. The van der Waals surface area contributed by atoms with Crippen molar-refractivity contribution in [1.82, 2.24) is 8.61 Å². The van der Waals surface area contributed by atoms with Gasteiger partial charge in [-0.05, 0) is 12.8 Å². The van der Waals surface area contributed by atoms with Crippen LogP contribution >= 0.6 is 0 Å². The third-order valence-corrected chi connectivity index (χ3v) is 5.54. The lowest BCUT2D eigenvalue weighted by atomic mass is 10.2. The average molecular weight is 322 g/mol. The van der Waals surface area contributed by atoms with Gasteiger partial charge in [-0.3, -0.25) is 0 Å². The fourth-order valence-electron chi connectivity index (χ4n) is 2.26. The SMILES string of the molecule is COCCN(CCC(N)=NO)S(=O)(=O)N1CCCCCC1. The average Bonchev–Trinajstić information content (AvgIpc) is 2.76. The Kier molecular flexibility index (Phi) is 7.94. The van der Waals surface area contributed by atoms with Gasteiger partial charge < -0.3 is 15.7 Å². The molecule has 1 aliphatic rings. The number of hydrogen-bond donors (Lipinski definition) is 2. The second-order valence-electron chi connectivity index (χ2n) is 5.05. The maximum absolute atomic E-state index is 12.7. The highest BCUT2D eigenvalue weighted by atomic mass is 32.2. The first-order chi connectivity index (χ1) is 10.0. The molecule has 1 aliphatic heterocycles. The molecule has 1 fully saturated rings. The van der Waals surface area contributed by atoms with E-state index in [1.807, 2.05) is 0 Å². The number of nitrogens with two attached hydrogens (primary N) is 1. The number of hydrogen-bond acceptors (Lipinski definition) is 5. The molecule has 0 amide bonds. The molecule has 3 N–H and O–H groups in total. The van der Waals surface area contributed by atoms with E-state index >= 15 is 0 Å². The molecule has 0 aliphatic carbocycles. The Morgan fingerprint density at radius 1 is 1.29 bits per heavy atom. The molecular formula is C12H26N4O4S. The van der Waals surface area contributed by atoms with E-state index in [1.54, 1.807) is 0 Å². The lowest BCUT2D eigenvalue weighted by Gasteiger charge is -2.29. The number of nitrogens with zero attached hydrogens (tertiary/aromatic N) is 3. The van der Waals surface area contributed by atoms with Crippen LogP contribution in [-0.4, -0.2) is 68.0 Å². The summed E-state index contributed by atoms with van der Waals surface area (Å²) in [6.45, 7) is 1.85.